The van der Waals surface area contributed by atoms with E-state index in [1.54, 1.807) is 6.07 Å². The second kappa shape index (κ2) is 9.47. The van der Waals surface area contributed by atoms with Crippen molar-refractivity contribution in [2.24, 2.45) is 0 Å². The van der Waals surface area contributed by atoms with Crippen LogP contribution in [-0.2, 0) is 5.41 Å². The third-order valence-electron chi connectivity index (χ3n) is 4.44. The average Bonchev–Trinajstić information content (AvgIpc) is 3.23. The molecule has 3 rings (SSSR count). The summed E-state index contributed by atoms with van der Waals surface area (Å²) in [7, 11) is 4.21. The van der Waals surface area contributed by atoms with Gasteiger partial charge in [-0.1, -0.05) is 26.8 Å². The summed E-state index contributed by atoms with van der Waals surface area (Å²) in [5.41, 5.74) is 1.19. The summed E-state index contributed by atoms with van der Waals surface area (Å²) in [6.45, 7) is 6.34. The number of furan rings is 1. The number of benzene rings is 1. The summed E-state index contributed by atoms with van der Waals surface area (Å²) in [5, 5.41) is 2.64. The van der Waals surface area contributed by atoms with Gasteiger partial charge < -0.3 is 28.7 Å². The first kappa shape index (κ1) is 23.4. The van der Waals surface area contributed by atoms with Gasteiger partial charge in [-0.3, -0.25) is 4.79 Å². The molecule has 0 saturated carbocycles. The number of aromatic nitrogens is 2. The van der Waals surface area contributed by atoms with Crippen LogP contribution >= 0.6 is 15.9 Å². The zero-order chi connectivity index (χ0) is 23.5. The van der Waals surface area contributed by atoms with Crippen LogP contribution in [0.25, 0.3) is 0 Å². The molecule has 9 nitrogen and oxygen atoms in total. The first-order valence-corrected chi connectivity index (χ1v) is 10.4. The van der Waals surface area contributed by atoms with Crippen molar-refractivity contribution >= 4 is 27.5 Å². The molecule has 0 aliphatic heterocycles. The van der Waals surface area contributed by atoms with E-state index in [2.05, 4.69) is 52.0 Å². The van der Waals surface area contributed by atoms with Gasteiger partial charge in [-0.05, 0) is 45.1 Å². The number of amides is 1. The first-order valence-electron chi connectivity index (χ1n) is 9.59. The van der Waals surface area contributed by atoms with Crippen LogP contribution in [0.5, 0.6) is 29.5 Å². The number of halogens is 1. The molecule has 0 fully saturated rings. The van der Waals surface area contributed by atoms with Crippen molar-refractivity contribution in [2.45, 2.75) is 26.2 Å². The van der Waals surface area contributed by atoms with Gasteiger partial charge in [-0.25, -0.2) is 0 Å². The molecule has 0 bridgehead atoms. The maximum Gasteiger partial charge on any atom is 0.322 e. The third kappa shape index (κ3) is 5.13. The Morgan fingerprint density at radius 3 is 2.22 bits per heavy atom. The fourth-order valence-electron chi connectivity index (χ4n) is 2.72. The highest BCUT2D eigenvalue weighted by molar-refractivity contribution is 9.10. The molecular formula is C22H24BrN3O6. The van der Waals surface area contributed by atoms with Gasteiger partial charge in [-0.15, -0.1) is 0 Å². The zero-order valence-corrected chi connectivity index (χ0v) is 20.2. The lowest BCUT2D eigenvalue weighted by Crippen LogP contribution is -2.14. The van der Waals surface area contributed by atoms with Crippen LogP contribution in [0.1, 0.15) is 36.9 Å². The fraction of sp³-hybridized carbons (Fsp3) is 0.318. The number of carbonyl (C=O) groups is 1. The number of methoxy groups -OCH3 is 3. The van der Waals surface area contributed by atoms with E-state index in [4.69, 9.17) is 23.4 Å². The minimum absolute atomic E-state index is 0.0167. The fourth-order valence-corrected chi connectivity index (χ4v) is 3.05. The van der Waals surface area contributed by atoms with Crippen molar-refractivity contribution in [1.82, 2.24) is 9.97 Å². The highest BCUT2D eigenvalue weighted by atomic mass is 79.9. The topological polar surface area (TPSA) is 105 Å². The largest absolute Gasteiger partial charge is 0.479 e. The minimum atomic E-state index is -0.562. The number of hydrogen-bond donors (Lipinski definition) is 1. The van der Waals surface area contributed by atoms with Gasteiger partial charge in [0.05, 0.1) is 25.8 Å². The number of nitrogens with zero attached hydrogens (tertiary/aromatic N) is 2. The Kier molecular flexibility index (Phi) is 6.93. The molecular weight excluding hydrogens is 482 g/mol. The number of hydrogen-bond acceptors (Lipinski definition) is 8. The van der Waals surface area contributed by atoms with Crippen molar-refractivity contribution in [3.63, 3.8) is 0 Å². The lowest BCUT2D eigenvalue weighted by Gasteiger charge is -2.20. The molecule has 0 aliphatic rings. The number of nitrogens with one attached hydrogen (secondary N) is 1. The van der Waals surface area contributed by atoms with E-state index in [1.165, 1.54) is 27.4 Å². The monoisotopic (exact) mass is 505 g/mol. The molecule has 2 aromatic heterocycles. The van der Waals surface area contributed by atoms with Gasteiger partial charge in [0.2, 0.25) is 11.8 Å². The lowest BCUT2D eigenvalue weighted by molar-refractivity contribution is 0.0990. The van der Waals surface area contributed by atoms with Crippen molar-refractivity contribution in [1.29, 1.82) is 0 Å². The number of carbonyl (C=O) groups excluding carboxylic acids is 1. The molecule has 0 aliphatic carbocycles. The highest BCUT2D eigenvalue weighted by Gasteiger charge is 2.22. The Morgan fingerprint density at radius 1 is 1.00 bits per heavy atom. The number of anilines is 1. The molecule has 10 heteroatoms. The summed E-state index contributed by atoms with van der Waals surface area (Å²) in [6, 6.07) is 8.95. The molecule has 3 aromatic rings. The minimum Gasteiger partial charge on any atom is -0.479 e. The molecule has 1 N–H and O–H groups in total. The molecule has 0 unspecified atom stereocenters. The first-order chi connectivity index (χ1) is 15.2. The predicted octanol–water partition coefficient (Wildman–Crippen LogP) is 5.20. The molecule has 0 atom stereocenters. The zero-order valence-electron chi connectivity index (χ0n) is 18.6. The summed E-state index contributed by atoms with van der Waals surface area (Å²) in [4.78, 5) is 20.9. The van der Waals surface area contributed by atoms with E-state index in [1.807, 2.05) is 18.2 Å². The molecule has 0 saturated heterocycles. The Bertz CT molecular complexity index is 1100. The van der Waals surface area contributed by atoms with E-state index in [9.17, 15) is 4.79 Å². The van der Waals surface area contributed by atoms with E-state index >= 15 is 0 Å². The van der Waals surface area contributed by atoms with Crippen LogP contribution < -0.4 is 24.3 Å². The standard InChI is InChI=1S/C22H24BrN3O6/c1-22(2,3)12-7-8-13(23)15(11-12)32-16-10-9-14(31-16)18(27)24-17-19(28-4)25-21(30-6)26-20(17)29-5/h7-11H,1-6H3,(H,24,27). The average molecular weight is 506 g/mol. The number of ether oxygens (including phenoxy) is 4. The maximum atomic E-state index is 12.8. The summed E-state index contributed by atoms with van der Waals surface area (Å²) >= 11 is 3.48. The summed E-state index contributed by atoms with van der Waals surface area (Å²) < 4.78 is 27.7. The van der Waals surface area contributed by atoms with Crippen LogP contribution in [0, 0.1) is 0 Å². The van der Waals surface area contributed by atoms with E-state index in [0.29, 0.717) is 5.75 Å². The second-order valence-corrected chi connectivity index (χ2v) is 8.53. The molecule has 170 valence electrons. The smallest absolute Gasteiger partial charge is 0.322 e. The second-order valence-electron chi connectivity index (χ2n) is 7.67. The van der Waals surface area contributed by atoms with Crippen LogP contribution in [-0.4, -0.2) is 37.2 Å². The van der Waals surface area contributed by atoms with Gasteiger partial charge >= 0.3 is 6.01 Å². The van der Waals surface area contributed by atoms with E-state index in [0.717, 1.165) is 10.0 Å². The quantitative estimate of drug-likeness (QED) is 0.466. The maximum absolute atomic E-state index is 12.8. The third-order valence-corrected chi connectivity index (χ3v) is 5.10. The number of rotatable bonds is 7. The molecule has 0 spiro atoms. The van der Waals surface area contributed by atoms with Crippen LogP contribution in [0.4, 0.5) is 5.69 Å². The molecule has 0 radical (unpaired) electrons. The van der Waals surface area contributed by atoms with Crippen LogP contribution in [0.3, 0.4) is 0 Å². The normalized spacial score (nSPS) is 11.1. The highest BCUT2D eigenvalue weighted by Crippen LogP contribution is 2.36. The Morgan fingerprint density at radius 2 is 1.66 bits per heavy atom. The van der Waals surface area contributed by atoms with E-state index < -0.39 is 5.91 Å². The SMILES string of the molecule is COc1nc(OC)c(NC(=O)c2ccc(Oc3cc(C(C)(C)C)ccc3Br)o2)c(OC)n1. The van der Waals surface area contributed by atoms with E-state index in [-0.39, 0.29) is 40.6 Å². The van der Waals surface area contributed by atoms with Crippen molar-refractivity contribution < 1.29 is 28.2 Å². The van der Waals surface area contributed by atoms with Crippen LogP contribution in [0.15, 0.2) is 39.2 Å². The lowest BCUT2D eigenvalue weighted by atomic mass is 9.87. The predicted molar refractivity (Wildman–Crippen MR) is 121 cm³/mol. The summed E-state index contributed by atoms with van der Waals surface area (Å²) in [5.74, 6) is 0.342. The van der Waals surface area contributed by atoms with Gasteiger partial charge in [0.1, 0.15) is 5.75 Å². The van der Waals surface area contributed by atoms with Crippen molar-refractivity contribution in [2.75, 3.05) is 26.6 Å². The van der Waals surface area contributed by atoms with Crippen molar-refractivity contribution in [3.8, 4) is 29.5 Å². The van der Waals surface area contributed by atoms with Crippen LogP contribution in [0.2, 0.25) is 0 Å². The van der Waals surface area contributed by atoms with Gasteiger partial charge in [0.25, 0.3) is 11.9 Å². The van der Waals surface area contributed by atoms with Gasteiger partial charge in [-0.2, -0.15) is 9.97 Å². The molecule has 32 heavy (non-hydrogen) atoms. The molecule has 1 amide bonds. The van der Waals surface area contributed by atoms with Gasteiger partial charge in [0.15, 0.2) is 11.4 Å². The van der Waals surface area contributed by atoms with Gasteiger partial charge in [0, 0.05) is 6.07 Å². The Hall–Kier alpha value is -3.27. The Labute approximate surface area is 194 Å². The summed E-state index contributed by atoms with van der Waals surface area (Å²) in [6.07, 6.45) is 0. The molecule has 2 heterocycles. The van der Waals surface area contributed by atoms with Crippen molar-refractivity contribution in [3.05, 3.63) is 46.1 Å². The molecule has 1 aromatic carbocycles. The Balaban J connectivity index is 1.82.